The number of aliphatic imine (C=N–C) groups is 1. The highest BCUT2D eigenvalue weighted by molar-refractivity contribution is 6.31. The van der Waals surface area contributed by atoms with Crippen LogP contribution in [0.25, 0.3) is 0 Å². The number of hydrogen-bond donors (Lipinski definition) is 2. The Labute approximate surface area is 168 Å². The first-order chi connectivity index (χ1) is 13.2. The zero-order valence-electron chi connectivity index (χ0n) is 16.5. The van der Waals surface area contributed by atoms with E-state index in [-0.39, 0.29) is 5.54 Å². The van der Waals surface area contributed by atoms with Crippen LogP contribution in [0.1, 0.15) is 38.2 Å². The quantitative estimate of drug-likeness (QED) is 0.553. The van der Waals surface area contributed by atoms with Gasteiger partial charge in [0, 0.05) is 36.9 Å². The molecule has 2 fully saturated rings. The third-order valence-electron chi connectivity index (χ3n) is 5.72. The van der Waals surface area contributed by atoms with Crippen LogP contribution in [-0.4, -0.2) is 62.3 Å². The molecule has 0 unspecified atom stereocenters. The molecule has 0 aliphatic carbocycles. The standard InChI is InChI=1S/C21H33ClN4O/c1-2-23-20(24-12-9-18-7-3-4-8-19(18)22)25-17-21(10-15-27-16-11-21)26-13-5-6-14-26/h3-4,7-8H,2,5-6,9-17H2,1H3,(H2,23,24,25). The van der Waals surface area contributed by atoms with Gasteiger partial charge in [-0.3, -0.25) is 9.89 Å². The highest BCUT2D eigenvalue weighted by Crippen LogP contribution is 2.31. The molecule has 0 amide bonds. The molecule has 150 valence electrons. The normalized spacial score (nSPS) is 20.6. The van der Waals surface area contributed by atoms with E-state index >= 15 is 0 Å². The van der Waals surface area contributed by atoms with Gasteiger partial charge in [0.1, 0.15) is 0 Å². The first kappa shape index (κ1) is 20.4. The van der Waals surface area contributed by atoms with Crippen LogP contribution in [0.3, 0.4) is 0 Å². The van der Waals surface area contributed by atoms with Crippen molar-refractivity contribution in [3.8, 4) is 0 Å². The summed E-state index contributed by atoms with van der Waals surface area (Å²) in [5.41, 5.74) is 1.33. The van der Waals surface area contributed by atoms with E-state index in [0.717, 1.165) is 63.1 Å². The van der Waals surface area contributed by atoms with Crippen molar-refractivity contribution in [2.45, 2.75) is 44.6 Å². The van der Waals surface area contributed by atoms with Crippen molar-refractivity contribution in [1.82, 2.24) is 15.5 Å². The van der Waals surface area contributed by atoms with E-state index in [1.165, 1.54) is 31.5 Å². The van der Waals surface area contributed by atoms with Crippen LogP contribution in [0, 0.1) is 0 Å². The molecule has 2 saturated heterocycles. The van der Waals surface area contributed by atoms with E-state index in [9.17, 15) is 0 Å². The molecule has 1 aromatic carbocycles. The molecule has 0 saturated carbocycles. The van der Waals surface area contributed by atoms with Crippen molar-refractivity contribution in [1.29, 1.82) is 0 Å². The van der Waals surface area contributed by atoms with Crippen molar-refractivity contribution < 1.29 is 4.74 Å². The van der Waals surface area contributed by atoms with Crippen LogP contribution in [0.15, 0.2) is 29.3 Å². The predicted molar refractivity (Wildman–Crippen MR) is 113 cm³/mol. The molecule has 2 aliphatic rings. The fraction of sp³-hybridized carbons (Fsp3) is 0.667. The molecule has 2 heterocycles. The van der Waals surface area contributed by atoms with Gasteiger partial charge in [0.15, 0.2) is 5.96 Å². The topological polar surface area (TPSA) is 48.9 Å². The van der Waals surface area contributed by atoms with Gasteiger partial charge < -0.3 is 15.4 Å². The molecule has 0 radical (unpaired) electrons. The second-order valence-electron chi connectivity index (χ2n) is 7.49. The largest absolute Gasteiger partial charge is 0.381 e. The molecule has 1 aromatic rings. The summed E-state index contributed by atoms with van der Waals surface area (Å²) in [6, 6.07) is 8.03. The molecular weight excluding hydrogens is 360 g/mol. The number of guanidine groups is 1. The Bertz CT molecular complexity index is 610. The van der Waals surface area contributed by atoms with Crippen molar-refractivity contribution in [3.05, 3.63) is 34.9 Å². The first-order valence-electron chi connectivity index (χ1n) is 10.3. The molecule has 0 spiro atoms. The molecule has 0 aromatic heterocycles. The van der Waals surface area contributed by atoms with Gasteiger partial charge in [-0.1, -0.05) is 29.8 Å². The van der Waals surface area contributed by atoms with Crippen LogP contribution < -0.4 is 10.6 Å². The molecule has 5 nitrogen and oxygen atoms in total. The summed E-state index contributed by atoms with van der Waals surface area (Å²) in [6.07, 6.45) is 5.66. The summed E-state index contributed by atoms with van der Waals surface area (Å²) in [6.45, 7) is 8.71. The number of nitrogens with zero attached hydrogens (tertiary/aromatic N) is 2. The third-order valence-corrected chi connectivity index (χ3v) is 6.09. The van der Waals surface area contributed by atoms with Crippen molar-refractivity contribution in [3.63, 3.8) is 0 Å². The molecule has 3 rings (SSSR count). The second-order valence-corrected chi connectivity index (χ2v) is 7.90. The number of benzene rings is 1. The lowest BCUT2D eigenvalue weighted by atomic mass is 9.88. The maximum Gasteiger partial charge on any atom is 0.191 e. The second kappa shape index (κ2) is 10.3. The van der Waals surface area contributed by atoms with Gasteiger partial charge in [-0.25, -0.2) is 0 Å². The monoisotopic (exact) mass is 392 g/mol. The Balaban J connectivity index is 1.60. The lowest BCUT2D eigenvalue weighted by molar-refractivity contribution is -0.0139. The fourth-order valence-electron chi connectivity index (χ4n) is 4.10. The van der Waals surface area contributed by atoms with E-state index in [1.54, 1.807) is 0 Å². The molecule has 2 N–H and O–H groups in total. The highest BCUT2D eigenvalue weighted by Gasteiger charge is 2.39. The Morgan fingerprint density at radius 1 is 1.19 bits per heavy atom. The number of nitrogens with one attached hydrogen (secondary N) is 2. The smallest absolute Gasteiger partial charge is 0.191 e. The van der Waals surface area contributed by atoms with Gasteiger partial charge >= 0.3 is 0 Å². The van der Waals surface area contributed by atoms with Gasteiger partial charge in [0.2, 0.25) is 0 Å². The average Bonchev–Trinajstić information content (AvgIpc) is 3.24. The first-order valence-corrected chi connectivity index (χ1v) is 10.7. The minimum atomic E-state index is 0.167. The van der Waals surface area contributed by atoms with Crippen LogP contribution in [0.2, 0.25) is 5.02 Å². The van der Waals surface area contributed by atoms with Gasteiger partial charge in [-0.15, -0.1) is 0 Å². The zero-order chi connectivity index (χ0) is 19.0. The molecule has 0 bridgehead atoms. The van der Waals surface area contributed by atoms with Crippen LogP contribution >= 0.6 is 11.6 Å². The maximum absolute atomic E-state index is 6.26. The summed E-state index contributed by atoms with van der Waals surface area (Å²) in [5.74, 6) is 0.898. The summed E-state index contributed by atoms with van der Waals surface area (Å²) in [5, 5.41) is 7.69. The molecule has 6 heteroatoms. The van der Waals surface area contributed by atoms with Gasteiger partial charge in [0.05, 0.1) is 6.54 Å². The Hall–Kier alpha value is -1.30. The fourth-order valence-corrected chi connectivity index (χ4v) is 4.33. The molecular formula is C21H33ClN4O. The van der Waals surface area contributed by atoms with E-state index < -0.39 is 0 Å². The zero-order valence-corrected chi connectivity index (χ0v) is 17.2. The van der Waals surface area contributed by atoms with Crippen LogP contribution in [0.5, 0.6) is 0 Å². The lowest BCUT2D eigenvalue weighted by Crippen LogP contribution is -2.54. The Kier molecular flexibility index (Phi) is 7.80. The Morgan fingerprint density at radius 2 is 1.93 bits per heavy atom. The van der Waals surface area contributed by atoms with E-state index in [4.69, 9.17) is 21.3 Å². The third kappa shape index (κ3) is 5.59. The van der Waals surface area contributed by atoms with Gasteiger partial charge in [-0.05, 0) is 63.7 Å². The molecule has 27 heavy (non-hydrogen) atoms. The predicted octanol–water partition coefficient (Wildman–Crippen LogP) is 3.08. The average molecular weight is 393 g/mol. The summed E-state index contributed by atoms with van der Waals surface area (Å²) in [4.78, 5) is 7.63. The number of halogens is 1. The SMILES string of the molecule is CCNC(=NCC1(N2CCCC2)CCOCC1)NCCc1ccccc1Cl. The van der Waals surface area contributed by atoms with Crippen LogP contribution in [0.4, 0.5) is 0 Å². The lowest BCUT2D eigenvalue weighted by Gasteiger charge is -2.43. The van der Waals surface area contributed by atoms with E-state index in [2.05, 4.69) is 28.5 Å². The maximum atomic E-state index is 6.26. The van der Waals surface area contributed by atoms with Crippen LogP contribution in [-0.2, 0) is 11.2 Å². The minimum absolute atomic E-state index is 0.167. The van der Waals surface area contributed by atoms with Crippen molar-refractivity contribution >= 4 is 17.6 Å². The molecule has 0 atom stereocenters. The summed E-state index contributed by atoms with van der Waals surface area (Å²) < 4.78 is 5.64. The number of hydrogen-bond acceptors (Lipinski definition) is 3. The van der Waals surface area contributed by atoms with E-state index in [1.807, 2.05) is 18.2 Å². The summed E-state index contributed by atoms with van der Waals surface area (Å²) in [7, 11) is 0. The summed E-state index contributed by atoms with van der Waals surface area (Å²) >= 11 is 6.26. The van der Waals surface area contributed by atoms with E-state index in [0.29, 0.717) is 0 Å². The number of rotatable bonds is 7. The molecule has 2 aliphatic heterocycles. The number of likely N-dealkylation sites (tertiary alicyclic amines) is 1. The van der Waals surface area contributed by atoms with Gasteiger partial charge in [0.25, 0.3) is 0 Å². The highest BCUT2D eigenvalue weighted by atomic mass is 35.5. The number of ether oxygens (including phenoxy) is 1. The van der Waals surface area contributed by atoms with Crippen molar-refractivity contribution in [2.24, 2.45) is 4.99 Å². The van der Waals surface area contributed by atoms with Crippen molar-refractivity contribution in [2.75, 3.05) is 45.9 Å². The van der Waals surface area contributed by atoms with Gasteiger partial charge in [-0.2, -0.15) is 0 Å². The minimum Gasteiger partial charge on any atom is -0.381 e. The Morgan fingerprint density at radius 3 is 2.63 bits per heavy atom.